The highest BCUT2D eigenvalue weighted by Gasteiger charge is 2.21. The molecule has 0 saturated carbocycles. The van der Waals surface area contributed by atoms with Crippen LogP contribution < -0.4 is 4.74 Å². The zero-order valence-electron chi connectivity index (χ0n) is 16.4. The number of nitrogens with zero attached hydrogens (tertiary/aromatic N) is 1. The van der Waals surface area contributed by atoms with Gasteiger partial charge in [-0.25, -0.2) is 0 Å². The molecule has 0 aliphatic rings. The van der Waals surface area contributed by atoms with Crippen molar-refractivity contribution in [3.8, 4) is 5.75 Å². The van der Waals surface area contributed by atoms with Gasteiger partial charge < -0.3 is 4.74 Å². The number of aliphatic imine (C=N–C) groups is 1. The van der Waals surface area contributed by atoms with Crippen molar-refractivity contribution in [1.29, 1.82) is 0 Å². The lowest BCUT2D eigenvalue weighted by Crippen LogP contribution is -2.27. The van der Waals surface area contributed by atoms with Gasteiger partial charge in [-0.1, -0.05) is 56.3 Å². The minimum atomic E-state index is -0.537. The van der Waals surface area contributed by atoms with Crippen molar-refractivity contribution in [3.05, 3.63) is 65.7 Å². The fourth-order valence-electron chi connectivity index (χ4n) is 2.61. The molecule has 0 N–H and O–H groups in total. The van der Waals surface area contributed by atoms with E-state index in [4.69, 9.17) is 4.74 Å². The summed E-state index contributed by atoms with van der Waals surface area (Å²) >= 11 is 0. The molecular formula is C23H27NO3. The fourth-order valence-corrected chi connectivity index (χ4v) is 2.61. The highest BCUT2D eigenvalue weighted by atomic mass is 16.5. The third-order valence-corrected chi connectivity index (χ3v) is 4.36. The number of hydrogen-bond donors (Lipinski definition) is 0. The van der Waals surface area contributed by atoms with Crippen LogP contribution in [0.5, 0.6) is 5.75 Å². The van der Waals surface area contributed by atoms with E-state index in [0.29, 0.717) is 18.7 Å². The zero-order valence-corrected chi connectivity index (χ0v) is 16.4. The summed E-state index contributed by atoms with van der Waals surface area (Å²) in [6.45, 7) is 7.35. The Hall–Kier alpha value is -2.75. The minimum absolute atomic E-state index is 0.0417. The van der Waals surface area contributed by atoms with Gasteiger partial charge in [-0.2, -0.15) is 0 Å². The molecule has 2 aromatic carbocycles. The molecule has 142 valence electrons. The number of hydrogen-bond acceptors (Lipinski definition) is 4. The second kappa shape index (κ2) is 9.81. The van der Waals surface area contributed by atoms with Crippen LogP contribution in [0.15, 0.2) is 59.6 Å². The number of carbonyl (C=O) groups is 2. The van der Waals surface area contributed by atoms with Gasteiger partial charge in [-0.15, -0.1) is 0 Å². The van der Waals surface area contributed by atoms with E-state index in [9.17, 15) is 9.59 Å². The molecule has 0 unspecified atom stereocenters. The fraction of sp³-hybridized carbons (Fsp3) is 0.348. The number of benzene rings is 2. The average molecular weight is 365 g/mol. The Morgan fingerprint density at radius 2 is 1.56 bits per heavy atom. The minimum Gasteiger partial charge on any atom is -0.489 e. The highest BCUT2D eigenvalue weighted by molar-refractivity contribution is 6.38. The molecule has 0 aromatic heterocycles. The van der Waals surface area contributed by atoms with Crippen molar-refractivity contribution < 1.29 is 14.3 Å². The molecule has 0 saturated heterocycles. The molecule has 0 amide bonds. The Morgan fingerprint density at radius 3 is 2.11 bits per heavy atom. The van der Waals surface area contributed by atoms with Crippen LogP contribution in [0.2, 0.25) is 0 Å². The van der Waals surface area contributed by atoms with Crippen LogP contribution in [0.1, 0.15) is 38.8 Å². The molecule has 0 spiro atoms. The van der Waals surface area contributed by atoms with E-state index >= 15 is 0 Å². The summed E-state index contributed by atoms with van der Waals surface area (Å²) in [6, 6.07) is 17.1. The molecular weight excluding hydrogens is 338 g/mol. The molecule has 2 rings (SSSR count). The lowest BCUT2D eigenvalue weighted by Gasteiger charge is -2.15. The van der Waals surface area contributed by atoms with Crippen LogP contribution in [-0.4, -0.2) is 23.3 Å². The van der Waals surface area contributed by atoms with Crippen LogP contribution in [-0.2, 0) is 22.6 Å². The van der Waals surface area contributed by atoms with Crippen molar-refractivity contribution in [2.24, 2.45) is 10.9 Å². The Labute approximate surface area is 161 Å². The number of rotatable bonds is 9. The molecule has 4 heteroatoms. The molecule has 27 heavy (non-hydrogen) atoms. The maximum absolute atomic E-state index is 12.5. The molecule has 0 radical (unpaired) electrons. The molecule has 0 bridgehead atoms. The quantitative estimate of drug-likeness (QED) is 0.617. The third kappa shape index (κ3) is 6.48. The molecule has 0 fully saturated rings. The summed E-state index contributed by atoms with van der Waals surface area (Å²) < 4.78 is 5.79. The van der Waals surface area contributed by atoms with Gasteiger partial charge in [-0.3, -0.25) is 14.6 Å². The Bertz CT molecular complexity index is 792. The van der Waals surface area contributed by atoms with Gasteiger partial charge in [0.2, 0.25) is 0 Å². The van der Waals surface area contributed by atoms with Gasteiger partial charge in [0.15, 0.2) is 11.6 Å². The Balaban J connectivity index is 2.06. The lowest BCUT2D eigenvalue weighted by atomic mass is 9.96. The van der Waals surface area contributed by atoms with Crippen LogP contribution in [0, 0.1) is 5.92 Å². The van der Waals surface area contributed by atoms with Crippen molar-refractivity contribution in [1.82, 2.24) is 0 Å². The summed E-state index contributed by atoms with van der Waals surface area (Å²) in [5, 5.41) is 0. The first-order chi connectivity index (χ1) is 12.9. The van der Waals surface area contributed by atoms with E-state index in [1.807, 2.05) is 68.4 Å². The van der Waals surface area contributed by atoms with E-state index in [0.717, 1.165) is 16.9 Å². The summed E-state index contributed by atoms with van der Waals surface area (Å²) in [5.74, 6) is 0.575. The van der Waals surface area contributed by atoms with Crippen molar-refractivity contribution in [3.63, 3.8) is 0 Å². The lowest BCUT2D eigenvalue weighted by molar-refractivity contribution is -0.123. The smallest absolute Gasteiger partial charge is 0.173 e. The number of ether oxygens (including phenoxy) is 1. The van der Waals surface area contributed by atoms with Crippen molar-refractivity contribution in [2.45, 2.75) is 46.8 Å². The molecule has 2 aromatic rings. The number of carbonyl (C=O) groups excluding carboxylic acids is 2. The van der Waals surface area contributed by atoms with Gasteiger partial charge >= 0.3 is 0 Å². The zero-order chi connectivity index (χ0) is 19.8. The van der Waals surface area contributed by atoms with Crippen LogP contribution in [0.4, 0.5) is 0 Å². The predicted octanol–water partition coefficient (Wildman–Crippen LogP) is 4.45. The summed E-state index contributed by atoms with van der Waals surface area (Å²) in [6.07, 6.45) is 0.473. The predicted molar refractivity (Wildman–Crippen MR) is 108 cm³/mol. The second-order valence-electron chi connectivity index (χ2n) is 6.97. The first-order valence-corrected chi connectivity index (χ1v) is 9.21. The van der Waals surface area contributed by atoms with Crippen LogP contribution in [0.3, 0.4) is 0 Å². The van der Waals surface area contributed by atoms with Crippen molar-refractivity contribution >= 4 is 17.3 Å². The molecule has 0 heterocycles. The molecule has 0 aliphatic carbocycles. The summed E-state index contributed by atoms with van der Waals surface area (Å²) in [7, 11) is 0. The SMILES string of the molecule is CC(=O)C(C)=N[C@@H](Cc1ccc(OCc2ccccc2)cc1)C(=O)C(C)C. The topological polar surface area (TPSA) is 55.7 Å². The maximum atomic E-state index is 12.5. The van der Waals surface area contributed by atoms with Gasteiger partial charge in [0.25, 0.3) is 0 Å². The summed E-state index contributed by atoms with van der Waals surface area (Å²) in [5.41, 5.74) is 2.48. The monoisotopic (exact) mass is 365 g/mol. The van der Waals surface area contributed by atoms with Gasteiger partial charge in [0, 0.05) is 19.3 Å². The summed E-state index contributed by atoms with van der Waals surface area (Å²) in [4.78, 5) is 28.4. The average Bonchev–Trinajstić information content (AvgIpc) is 2.66. The molecule has 1 atom stereocenters. The van der Waals surface area contributed by atoms with Gasteiger partial charge in [0.05, 0.1) is 5.71 Å². The van der Waals surface area contributed by atoms with Gasteiger partial charge in [-0.05, 0) is 30.2 Å². The Morgan fingerprint density at radius 1 is 0.926 bits per heavy atom. The van der Waals surface area contributed by atoms with Crippen LogP contribution >= 0.6 is 0 Å². The molecule has 0 aliphatic heterocycles. The largest absolute Gasteiger partial charge is 0.489 e. The first-order valence-electron chi connectivity index (χ1n) is 9.21. The van der Waals surface area contributed by atoms with Crippen molar-refractivity contribution in [2.75, 3.05) is 0 Å². The Kier molecular flexibility index (Phi) is 7.47. The van der Waals surface area contributed by atoms with Crippen LogP contribution in [0.25, 0.3) is 0 Å². The number of ketones is 2. The van der Waals surface area contributed by atoms with E-state index in [1.165, 1.54) is 6.92 Å². The molecule has 4 nitrogen and oxygen atoms in total. The highest BCUT2D eigenvalue weighted by Crippen LogP contribution is 2.17. The van der Waals surface area contributed by atoms with E-state index < -0.39 is 6.04 Å². The van der Waals surface area contributed by atoms with E-state index in [2.05, 4.69) is 4.99 Å². The normalized spacial score (nSPS) is 12.7. The maximum Gasteiger partial charge on any atom is 0.173 e. The standard InChI is InChI=1S/C23H27NO3/c1-16(2)23(26)22(24-17(3)18(4)25)14-19-10-12-21(13-11-19)27-15-20-8-6-5-7-9-20/h5-13,16,22H,14-15H2,1-4H3/t22-/m0/s1. The number of Topliss-reactive ketones (excluding diaryl/α,β-unsaturated/α-hetero) is 2. The first kappa shape index (κ1) is 20.6. The van der Waals surface area contributed by atoms with E-state index in [1.54, 1.807) is 6.92 Å². The third-order valence-electron chi connectivity index (χ3n) is 4.36. The second-order valence-corrected chi connectivity index (χ2v) is 6.97. The van der Waals surface area contributed by atoms with Gasteiger partial charge in [0.1, 0.15) is 18.4 Å². The van der Waals surface area contributed by atoms with E-state index in [-0.39, 0.29) is 17.5 Å².